The van der Waals surface area contributed by atoms with E-state index in [0.717, 1.165) is 16.5 Å². The monoisotopic (exact) mass is 299 g/mol. The molecule has 0 saturated carbocycles. The Labute approximate surface area is 127 Å². The average molecular weight is 299 g/mol. The molecule has 7 heteroatoms. The van der Waals surface area contributed by atoms with Crippen molar-refractivity contribution < 1.29 is 9.90 Å². The normalized spacial score (nSPS) is 12.5. The summed E-state index contributed by atoms with van der Waals surface area (Å²) in [4.78, 5) is 11.9. The first-order chi connectivity index (χ1) is 10.5. The van der Waals surface area contributed by atoms with Crippen LogP contribution in [0.25, 0.3) is 10.9 Å². The van der Waals surface area contributed by atoms with Crippen molar-refractivity contribution in [2.75, 3.05) is 6.54 Å². The van der Waals surface area contributed by atoms with Gasteiger partial charge in [-0.1, -0.05) is 11.3 Å². The van der Waals surface area contributed by atoms with Gasteiger partial charge in [-0.3, -0.25) is 9.48 Å². The number of carbonyl (C=O) groups excluding carboxylic acids is 1. The van der Waals surface area contributed by atoms with E-state index in [1.165, 1.54) is 10.9 Å². The van der Waals surface area contributed by atoms with Crippen molar-refractivity contribution >= 4 is 16.8 Å². The minimum Gasteiger partial charge on any atom is -0.387 e. The number of hydrogen-bond acceptors (Lipinski definition) is 4. The standard InChI is InChI=1S/C15H17N5O2/c1-19-6-5-10-7-11(3-4-13(10)19)14(21)8-16-15(22)12-9-20(2)18-17-12/h3-7,9,14,21H,8H2,1-2H3,(H,16,22). The average Bonchev–Trinajstić information content (AvgIpc) is 3.11. The van der Waals surface area contributed by atoms with Crippen LogP contribution < -0.4 is 5.32 Å². The SMILES string of the molecule is Cn1cc(C(=O)NCC(O)c2ccc3c(ccn3C)c2)nn1. The van der Waals surface area contributed by atoms with Gasteiger partial charge in [-0.25, -0.2) is 0 Å². The molecule has 22 heavy (non-hydrogen) atoms. The molecule has 0 radical (unpaired) electrons. The van der Waals surface area contributed by atoms with Gasteiger partial charge in [-0.05, 0) is 29.1 Å². The van der Waals surface area contributed by atoms with E-state index in [1.54, 1.807) is 7.05 Å². The molecule has 1 atom stereocenters. The number of rotatable bonds is 4. The van der Waals surface area contributed by atoms with Gasteiger partial charge in [0.1, 0.15) is 0 Å². The van der Waals surface area contributed by atoms with Crippen LogP contribution in [0.2, 0.25) is 0 Å². The summed E-state index contributed by atoms with van der Waals surface area (Å²) in [6, 6.07) is 7.73. The van der Waals surface area contributed by atoms with Crippen LogP contribution in [0.3, 0.4) is 0 Å². The largest absolute Gasteiger partial charge is 0.387 e. The number of carbonyl (C=O) groups is 1. The first-order valence-corrected chi connectivity index (χ1v) is 6.92. The van der Waals surface area contributed by atoms with Gasteiger partial charge in [0.05, 0.1) is 12.3 Å². The van der Waals surface area contributed by atoms with Crippen molar-refractivity contribution in [3.63, 3.8) is 0 Å². The molecule has 0 saturated heterocycles. The highest BCUT2D eigenvalue weighted by Crippen LogP contribution is 2.20. The quantitative estimate of drug-likeness (QED) is 0.745. The number of nitrogens with one attached hydrogen (secondary N) is 1. The molecule has 114 valence electrons. The fraction of sp³-hybridized carbons (Fsp3) is 0.267. The third-order valence-corrected chi connectivity index (χ3v) is 3.59. The lowest BCUT2D eigenvalue weighted by Gasteiger charge is -2.12. The van der Waals surface area contributed by atoms with Crippen LogP contribution >= 0.6 is 0 Å². The van der Waals surface area contributed by atoms with Gasteiger partial charge in [0.15, 0.2) is 5.69 Å². The topological polar surface area (TPSA) is 85.0 Å². The summed E-state index contributed by atoms with van der Waals surface area (Å²) < 4.78 is 3.47. The van der Waals surface area contributed by atoms with Gasteiger partial charge >= 0.3 is 0 Å². The highest BCUT2D eigenvalue weighted by atomic mass is 16.3. The predicted molar refractivity (Wildman–Crippen MR) is 81.2 cm³/mol. The number of benzene rings is 1. The third kappa shape index (κ3) is 2.71. The maximum Gasteiger partial charge on any atom is 0.273 e. The first-order valence-electron chi connectivity index (χ1n) is 6.92. The minimum atomic E-state index is -0.773. The fourth-order valence-electron chi connectivity index (χ4n) is 2.36. The molecule has 2 N–H and O–H groups in total. The van der Waals surface area contributed by atoms with E-state index in [9.17, 15) is 9.90 Å². The molecule has 7 nitrogen and oxygen atoms in total. The highest BCUT2D eigenvalue weighted by Gasteiger charge is 2.14. The summed E-state index contributed by atoms with van der Waals surface area (Å²) >= 11 is 0. The molecule has 0 aliphatic heterocycles. The Hall–Kier alpha value is -2.67. The van der Waals surface area contributed by atoms with Crippen LogP contribution in [0.1, 0.15) is 22.2 Å². The summed E-state index contributed by atoms with van der Waals surface area (Å²) in [5.41, 5.74) is 2.09. The van der Waals surface area contributed by atoms with Crippen LogP contribution in [0.4, 0.5) is 0 Å². The molecule has 0 spiro atoms. The zero-order chi connectivity index (χ0) is 15.7. The Bertz CT molecular complexity index is 820. The lowest BCUT2D eigenvalue weighted by molar-refractivity contribution is 0.0911. The molecule has 1 amide bonds. The second-order valence-corrected chi connectivity index (χ2v) is 5.25. The van der Waals surface area contributed by atoms with Gasteiger partial charge in [0.25, 0.3) is 5.91 Å². The summed E-state index contributed by atoms with van der Waals surface area (Å²) in [6.07, 6.45) is 2.72. The number of aryl methyl sites for hydroxylation is 2. The smallest absolute Gasteiger partial charge is 0.273 e. The lowest BCUT2D eigenvalue weighted by Crippen LogP contribution is -2.28. The van der Waals surface area contributed by atoms with Gasteiger partial charge in [-0.2, -0.15) is 0 Å². The zero-order valence-electron chi connectivity index (χ0n) is 12.4. The van der Waals surface area contributed by atoms with E-state index in [4.69, 9.17) is 0 Å². The molecule has 2 aromatic heterocycles. The van der Waals surface area contributed by atoms with Crippen LogP contribution in [-0.2, 0) is 14.1 Å². The number of amides is 1. The van der Waals surface area contributed by atoms with Crippen molar-refractivity contribution in [2.24, 2.45) is 14.1 Å². The number of hydrogen-bond donors (Lipinski definition) is 2. The molecule has 0 aliphatic carbocycles. The van der Waals surface area contributed by atoms with Crippen molar-refractivity contribution in [3.8, 4) is 0 Å². The van der Waals surface area contributed by atoms with Gasteiger partial charge in [-0.15, -0.1) is 5.10 Å². The van der Waals surface area contributed by atoms with E-state index in [1.807, 2.05) is 42.1 Å². The second kappa shape index (κ2) is 5.61. The number of fused-ring (bicyclic) bond motifs is 1. The van der Waals surface area contributed by atoms with Gasteiger partial charge < -0.3 is 15.0 Å². The number of aromatic nitrogens is 4. The molecule has 0 aliphatic rings. The summed E-state index contributed by atoms with van der Waals surface area (Å²) in [5, 5.41) is 21.4. The first kappa shape index (κ1) is 14.3. The van der Waals surface area contributed by atoms with Crippen LogP contribution in [-0.4, -0.2) is 37.1 Å². The van der Waals surface area contributed by atoms with E-state index in [2.05, 4.69) is 15.6 Å². The van der Waals surface area contributed by atoms with Crippen LogP contribution in [0.5, 0.6) is 0 Å². The molecule has 0 bridgehead atoms. The van der Waals surface area contributed by atoms with Crippen molar-refractivity contribution in [3.05, 3.63) is 47.9 Å². The molecule has 3 rings (SSSR count). The second-order valence-electron chi connectivity index (χ2n) is 5.25. The van der Waals surface area contributed by atoms with Gasteiger partial charge in [0, 0.05) is 32.4 Å². The number of aliphatic hydroxyl groups is 1. The molecular formula is C15H17N5O2. The number of aliphatic hydroxyl groups excluding tert-OH is 1. The van der Waals surface area contributed by atoms with Crippen molar-refractivity contribution in [1.29, 1.82) is 0 Å². The van der Waals surface area contributed by atoms with Crippen LogP contribution in [0.15, 0.2) is 36.7 Å². The third-order valence-electron chi connectivity index (χ3n) is 3.59. The zero-order valence-corrected chi connectivity index (χ0v) is 12.4. The van der Waals surface area contributed by atoms with Crippen molar-refractivity contribution in [2.45, 2.75) is 6.10 Å². The molecule has 2 heterocycles. The maximum atomic E-state index is 11.9. The van der Waals surface area contributed by atoms with Crippen LogP contribution in [0, 0.1) is 0 Å². The lowest BCUT2D eigenvalue weighted by atomic mass is 10.1. The van der Waals surface area contributed by atoms with Crippen molar-refractivity contribution in [1.82, 2.24) is 24.9 Å². The Morgan fingerprint density at radius 3 is 2.91 bits per heavy atom. The summed E-state index contributed by atoms with van der Waals surface area (Å²) in [7, 11) is 3.66. The maximum absolute atomic E-state index is 11.9. The molecular weight excluding hydrogens is 282 g/mol. The van der Waals surface area contributed by atoms with E-state index >= 15 is 0 Å². The Morgan fingerprint density at radius 1 is 1.36 bits per heavy atom. The summed E-state index contributed by atoms with van der Waals surface area (Å²) in [6.45, 7) is 0.119. The molecule has 0 fully saturated rings. The van der Waals surface area contributed by atoms with E-state index in [0.29, 0.717) is 0 Å². The van der Waals surface area contributed by atoms with E-state index in [-0.39, 0.29) is 18.1 Å². The molecule has 1 unspecified atom stereocenters. The highest BCUT2D eigenvalue weighted by molar-refractivity contribution is 5.91. The van der Waals surface area contributed by atoms with E-state index < -0.39 is 6.10 Å². The Morgan fingerprint density at radius 2 is 2.18 bits per heavy atom. The van der Waals surface area contributed by atoms with Gasteiger partial charge in [0.2, 0.25) is 0 Å². The molecule has 3 aromatic rings. The molecule has 1 aromatic carbocycles. The minimum absolute atomic E-state index is 0.119. The summed E-state index contributed by atoms with van der Waals surface area (Å²) in [5.74, 6) is -0.354. The number of nitrogens with zero attached hydrogens (tertiary/aromatic N) is 4. The fourth-order valence-corrected chi connectivity index (χ4v) is 2.36. The predicted octanol–water partition coefficient (Wildman–Crippen LogP) is 0.770. The Balaban J connectivity index is 1.67. The Kier molecular flexibility index (Phi) is 3.64.